The topological polar surface area (TPSA) is 57.7 Å². The molecule has 1 amide bonds. The van der Waals surface area contributed by atoms with E-state index in [1.165, 1.54) is 13.1 Å². The first-order valence-corrected chi connectivity index (χ1v) is 10.4. The number of rotatable bonds is 9. The van der Waals surface area contributed by atoms with Crippen LogP contribution < -0.4 is 0 Å². The van der Waals surface area contributed by atoms with Crippen LogP contribution in [0.15, 0.2) is 16.3 Å². The van der Waals surface area contributed by atoms with Crippen molar-refractivity contribution in [2.24, 2.45) is 5.92 Å². The van der Waals surface area contributed by atoms with Gasteiger partial charge in [0.05, 0.1) is 10.9 Å². The highest BCUT2D eigenvalue weighted by Gasteiger charge is 2.26. The third-order valence-electron chi connectivity index (χ3n) is 3.94. The first-order chi connectivity index (χ1) is 10.8. The van der Waals surface area contributed by atoms with Crippen molar-refractivity contribution in [1.82, 2.24) is 9.21 Å². The summed E-state index contributed by atoms with van der Waals surface area (Å²) in [6.45, 7) is 7.20. The summed E-state index contributed by atoms with van der Waals surface area (Å²) < 4.78 is 26.5. The van der Waals surface area contributed by atoms with E-state index in [-0.39, 0.29) is 16.7 Å². The number of hydrogen-bond acceptors (Lipinski definition) is 4. The van der Waals surface area contributed by atoms with Gasteiger partial charge in [-0.15, -0.1) is 11.3 Å². The lowest BCUT2D eigenvalue weighted by Gasteiger charge is -2.27. The third kappa shape index (κ3) is 5.45. The second-order valence-corrected chi connectivity index (χ2v) is 9.42. The van der Waals surface area contributed by atoms with E-state index in [2.05, 4.69) is 13.8 Å². The minimum Gasteiger partial charge on any atom is -0.342 e. The molecule has 0 fully saturated rings. The van der Waals surface area contributed by atoms with Gasteiger partial charge in [-0.3, -0.25) is 4.79 Å². The predicted molar refractivity (Wildman–Crippen MR) is 95.5 cm³/mol. The van der Waals surface area contributed by atoms with Crippen LogP contribution in [0, 0.1) is 5.92 Å². The number of likely N-dealkylation sites (N-methyl/N-ethyl adjacent to an activating group) is 2. The van der Waals surface area contributed by atoms with Crippen LogP contribution in [0.25, 0.3) is 0 Å². The molecule has 0 atom stereocenters. The fourth-order valence-corrected chi connectivity index (χ4v) is 5.05. The van der Waals surface area contributed by atoms with E-state index < -0.39 is 10.0 Å². The molecule has 0 N–H and O–H groups in total. The molecule has 1 rings (SSSR count). The second-order valence-electron chi connectivity index (χ2n) is 5.43. The summed E-state index contributed by atoms with van der Waals surface area (Å²) in [4.78, 5) is 14.2. The van der Waals surface area contributed by atoms with Gasteiger partial charge in [-0.05, 0) is 25.0 Å². The molecule has 0 radical (unpaired) electrons. The van der Waals surface area contributed by atoms with E-state index in [0.717, 1.165) is 28.5 Å². The second kappa shape index (κ2) is 9.01. The SMILES string of the molecule is CCC(CC)CN(CC)C(=O)CN(C)S(=O)(=O)c1ccc(Cl)s1. The van der Waals surface area contributed by atoms with Crippen LogP contribution >= 0.6 is 22.9 Å². The Kier molecular flexibility index (Phi) is 8.00. The highest BCUT2D eigenvalue weighted by molar-refractivity contribution is 7.91. The Bertz CT molecular complexity index is 612. The van der Waals surface area contributed by atoms with Crippen LogP contribution in [0.5, 0.6) is 0 Å². The zero-order valence-corrected chi connectivity index (χ0v) is 16.5. The molecule has 0 aromatic carbocycles. The average Bonchev–Trinajstić information content (AvgIpc) is 2.95. The Morgan fingerprint density at radius 2 is 1.87 bits per heavy atom. The number of nitrogens with zero attached hydrogens (tertiary/aromatic N) is 2. The van der Waals surface area contributed by atoms with E-state index in [4.69, 9.17) is 11.6 Å². The van der Waals surface area contributed by atoms with Gasteiger partial charge in [0.25, 0.3) is 10.0 Å². The van der Waals surface area contributed by atoms with Crippen molar-refractivity contribution in [1.29, 1.82) is 0 Å². The number of carbonyl (C=O) groups is 1. The number of hydrogen-bond donors (Lipinski definition) is 0. The lowest BCUT2D eigenvalue weighted by molar-refractivity contribution is -0.131. The maximum absolute atomic E-state index is 12.4. The minimum absolute atomic E-state index is 0.154. The Morgan fingerprint density at radius 3 is 2.30 bits per heavy atom. The van der Waals surface area contributed by atoms with Crippen molar-refractivity contribution < 1.29 is 13.2 Å². The van der Waals surface area contributed by atoms with Gasteiger partial charge in [-0.25, -0.2) is 8.42 Å². The molecule has 0 bridgehead atoms. The van der Waals surface area contributed by atoms with Crippen molar-refractivity contribution in [3.63, 3.8) is 0 Å². The molecule has 0 spiro atoms. The maximum atomic E-state index is 12.4. The Morgan fingerprint density at radius 1 is 1.26 bits per heavy atom. The molecule has 0 aliphatic heterocycles. The highest BCUT2D eigenvalue weighted by atomic mass is 35.5. The fraction of sp³-hybridized carbons (Fsp3) is 0.667. The van der Waals surface area contributed by atoms with Gasteiger partial charge in [0.1, 0.15) is 4.21 Å². The lowest BCUT2D eigenvalue weighted by Crippen LogP contribution is -2.42. The Balaban J connectivity index is 2.78. The largest absolute Gasteiger partial charge is 0.342 e. The molecule has 132 valence electrons. The third-order valence-corrected chi connectivity index (χ3v) is 7.44. The lowest BCUT2D eigenvalue weighted by atomic mass is 10.0. The number of amides is 1. The zero-order chi connectivity index (χ0) is 17.6. The van der Waals surface area contributed by atoms with Crippen LogP contribution in [0.4, 0.5) is 0 Å². The molecular weight excluding hydrogens is 356 g/mol. The number of thiophene rings is 1. The molecule has 0 aliphatic rings. The van der Waals surface area contributed by atoms with Gasteiger partial charge in [-0.2, -0.15) is 4.31 Å². The van der Waals surface area contributed by atoms with E-state index in [1.54, 1.807) is 11.0 Å². The van der Waals surface area contributed by atoms with Crippen LogP contribution in [0.1, 0.15) is 33.6 Å². The first kappa shape index (κ1) is 20.4. The maximum Gasteiger partial charge on any atom is 0.252 e. The van der Waals surface area contributed by atoms with E-state index in [9.17, 15) is 13.2 Å². The summed E-state index contributed by atoms with van der Waals surface area (Å²) in [7, 11) is -2.25. The molecule has 1 heterocycles. The van der Waals surface area contributed by atoms with Crippen molar-refractivity contribution in [2.75, 3.05) is 26.7 Å². The standard InChI is InChI=1S/C15H25ClN2O3S2/c1-5-12(6-2)10-18(7-3)14(19)11-17(4)23(20,21)15-9-8-13(16)22-15/h8-9,12H,5-7,10-11H2,1-4H3. The normalized spacial score (nSPS) is 12.1. The van der Waals surface area contributed by atoms with Crippen LogP contribution in [0.2, 0.25) is 4.34 Å². The van der Waals surface area contributed by atoms with Crippen LogP contribution in [-0.2, 0) is 14.8 Å². The van der Waals surface area contributed by atoms with Crippen LogP contribution in [-0.4, -0.2) is 50.2 Å². The molecule has 1 aromatic rings. The molecule has 0 saturated heterocycles. The summed E-state index contributed by atoms with van der Waals surface area (Å²) in [6.07, 6.45) is 2.00. The number of carbonyl (C=O) groups excluding carboxylic acids is 1. The van der Waals surface area contributed by atoms with Gasteiger partial charge in [-0.1, -0.05) is 38.3 Å². The van der Waals surface area contributed by atoms with Crippen molar-refractivity contribution in [3.05, 3.63) is 16.5 Å². The summed E-state index contributed by atoms with van der Waals surface area (Å²) in [5.41, 5.74) is 0. The fourth-order valence-electron chi connectivity index (χ4n) is 2.23. The van der Waals surface area contributed by atoms with Gasteiger partial charge in [0.15, 0.2) is 0 Å². The molecule has 1 aromatic heterocycles. The summed E-state index contributed by atoms with van der Waals surface area (Å²) in [5.74, 6) is 0.269. The number of halogens is 1. The molecule has 8 heteroatoms. The van der Waals surface area contributed by atoms with Crippen molar-refractivity contribution in [3.8, 4) is 0 Å². The van der Waals surface area contributed by atoms with E-state index in [0.29, 0.717) is 23.3 Å². The molecule has 0 aliphatic carbocycles. The van der Waals surface area contributed by atoms with Gasteiger partial charge in [0, 0.05) is 20.1 Å². The molecule has 0 saturated carbocycles. The molecule has 0 unspecified atom stereocenters. The molecular formula is C15H25ClN2O3S2. The summed E-state index contributed by atoms with van der Waals surface area (Å²) in [5, 5.41) is 0. The summed E-state index contributed by atoms with van der Waals surface area (Å²) in [6, 6.07) is 3.01. The Hall–Kier alpha value is -0.630. The highest BCUT2D eigenvalue weighted by Crippen LogP contribution is 2.27. The minimum atomic E-state index is -3.67. The molecule has 5 nitrogen and oxygen atoms in total. The van der Waals surface area contributed by atoms with Gasteiger partial charge >= 0.3 is 0 Å². The smallest absolute Gasteiger partial charge is 0.252 e. The van der Waals surface area contributed by atoms with Gasteiger partial charge < -0.3 is 4.90 Å². The summed E-state index contributed by atoms with van der Waals surface area (Å²) >= 11 is 6.79. The first-order valence-electron chi connectivity index (χ1n) is 7.75. The van der Waals surface area contributed by atoms with Crippen LogP contribution in [0.3, 0.4) is 0 Å². The number of sulfonamides is 1. The monoisotopic (exact) mass is 380 g/mol. The average molecular weight is 381 g/mol. The van der Waals surface area contributed by atoms with E-state index >= 15 is 0 Å². The molecule has 23 heavy (non-hydrogen) atoms. The Labute approximate surface area is 148 Å². The van der Waals surface area contributed by atoms with Crippen molar-refractivity contribution in [2.45, 2.75) is 37.8 Å². The quantitative estimate of drug-likeness (QED) is 0.660. The van der Waals surface area contributed by atoms with Crippen molar-refractivity contribution >= 4 is 38.9 Å². The van der Waals surface area contributed by atoms with E-state index in [1.807, 2.05) is 6.92 Å². The zero-order valence-electron chi connectivity index (χ0n) is 14.1. The van der Waals surface area contributed by atoms with Gasteiger partial charge in [0.2, 0.25) is 5.91 Å². The predicted octanol–water partition coefficient (Wildman–Crippen LogP) is 3.31.